The number of aromatic nitrogens is 2. The molecule has 0 saturated carbocycles. The number of hydrogen-bond donors (Lipinski definition) is 3. The van der Waals surface area contributed by atoms with Crippen LogP contribution in [0.4, 0.5) is 23.1 Å². The van der Waals surface area contributed by atoms with Gasteiger partial charge in [-0.05, 0) is 41.5 Å². The van der Waals surface area contributed by atoms with Crippen LogP contribution in [0.1, 0.15) is 5.56 Å². The number of nitrogens with one attached hydrogen (secondary N) is 1. The summed E-state index contributed by atoms with van der Waals surface area (Å²) in [6.07, 6.45) is 0.597. The monoisotopic (exact) mass is 450 g/mol. The Kier molecular flexibility index (Phi) is 6.15. The third-order valence-corrected chi connectivity index (χ3v) is 5.89. The number of ether oxygens (including phenoxy) is 1. The average molecular weight is 451 g/mol. The first-order chi connectivity index (χ1) is 16.7. The van der Waals surface area contributed by atoms with Gasteiger partial charge in [0.15, 0.2) is 0 Å². The fourth-order valence-electron chi connectivity index (χ4n) is 4.17. The Labute approximate surface area is 198 Å². The molecule has 0 amide bonds. The fourth-order valence-corrected chi connectivity index (χ4v) is 4.17. The second kappa shape index (κ2) is 9.69. The highest BCUT2D eigenvalue weighted by Gasteiger charge is 2.13. The van der Waals surface area contributed by atoms with E-state index in [-0.39, 0.29) is 0 Å². The van der Waals surface area contributed by atoms with Gasteiger partial charge in [-0.15, -0.1) is 0 Å². The Balaban J connectivity index is 1.46. The van der Waals surface area contributed by atoms with Crippen molar-refractivity contribution in [2.24, 2.45) is 5.73 Å². The highest BCUT2D eigenvalue weighted by atomic mass is 16.5. The maximum atomic E-state index is 6.33. The van der Waals surface area contributed by atoms with Crippen molar-refractivity contribution in [3.8, 4) is 23.1 Å². The number of nitrogens with zero attached hydrogens (tertiary/aromatic N) is 3. The molecule has 5 rings (SSSR count). The van der Waals surface area contributed by atoms with Crippen molar-refractivity contribution < 1.29 is 4.74 Å². The highest BCUT2D eigenvalue weighted by molar-refractivity contribution is 5.99. The van der Waals surface area contributed by atoms with Crippen LogP contribution in [0.3, 0.4) is 0 Å². The van der Waals surface area contributed by atoms with Crippen molar-refractivity contribution in [3.63, 3.8) is 0 Å². The van der Waals surface area contributed by atoms with Crippen molar-refractivity contribution >= 4 is 34.0 Å². The topological polar surface area (TPSA) is 102 Å². The minimum atomic E-state index is 0.435. The van der Waals surface area contributed by atoms with Crippen molar-refractivity contribution in [2.75, 3.05) is 42.3 Å². The van der Waals surface area contributed by atoms with E-state index >= 15 is 0 Å². The summed E-state index contributed by atoms with van der Waals surface area (Å²) in [5.41, 5.74) is 17.7. The molecule has 1 saturated heterocycles. The van der Waals surface area contributed by atoms with Crippen LogP contribution in [-0.2, 0) is 11.2 Å². The van der Waals surface area contributed by atoms with Gasteiger partial charge in [0.1, 0.15) is 5.82 Å². The van der Waals surface area contributed by atoms with Gasteiger partial charge in [0.2, 0.25) is 5.95 Å². The van der Waals surface area contributed by atoms with E-state index in [1.807, 2.05) is 42.5 Å². The van der Waals surface area contributed by atoms with Gasteiger partial charge in [-0.3, -0.25) is 0 Å². The molecule has 1 fully saturated rings. The molecule has 170 valence electrons. The Bertz CT molecular complexity index is 1370. The number of anilines is 4. The summed E-state index contributed by atoms with van der Waals surface area (Å²) in [5.74, 6) is 3.81. The second-order valence-corrected chi connectivity index (χ2v) is 8.10. The third kappa shape index (κ3) is 4.58. The zero-order valence-electron chi connectivity index (χ0n) is 18.8. The SMILES string of the molecule is NC#CCc1cccc(-c2cccc3c(N)nc(Nc4ccc(N5CCOCC5)cc4)nc23)c1. The standard InChI is InChI=1S/C27H26N6O/c28-13-3-5-19-4-1-6-20(18-19)23-7-2-8-24-25(23)31-27(32-26(24)29)30-21-9-11-22(12-10-21)33-14-16-34-17-15-33/h1-2,4,6-12,18H,5,14-17,28H2,(H3,29,30,31,32). The average Bonchev–Trinajstić information content (AvgIpc) is 2.88. The molecule has 0 unspecified atom stereocenters. The molecule has 0 aliphatic carbocycles. The predicted molar refractivity (Wildman–Crippen MR) is 138 cm³/mol. The van der Waals surface area contributed by atoms with E-state index in [4.69, 9.17) is 21.2 Å². The number of nitrogen functional groups attached to an aromatic ring is 1. The van der Waals surface area contributed by atoms with E-state index in [2.05, 4.69) is 51.4 Å². The summed E-state index contributed by atoms with van der Waals surface area (Å²) in [6, 6.07) is 24.9. The fraction of sp³-hybridized carbons (Fsp3) is 0.185. The summed E-state index contributed by atoms with van der Waals surface area (Å²) >= 11 is 0. The highest BCUT2D eigenvalue weighted by Crippen LogP contribution is 2.31. The molecule has 4 aromatic rings. The molecule has 1 aromatic heterocycles. The van der Waals surface area contributed by atoms with E-state index in [9.17, 15) is 0 Å². The van der Waals surface area contributed by atoms with E-state index in [0.717, 1.165) is 59.6 Å². The summed E-state index contributed by atoms with van der Waals surface area (Å²) in [4.78, 5) is 11.6. The van der Waals surface area contributed by atoms with Gasteiger partial charge < -0.3 is 26.4 Å². The van der Waals surface area contributed by atoms with Crippen molar-refractivity contribution in [1.29, 1.82) is 0 Å². The first-order valence-electron chi connectivity index (χ1n) is 11.2. The summed E-state index contributed by atoms with van der Waals surface area (Å²) in [6.45, 7) is 3.32. The van der Waals surface area contributed by atoms with Crippen LogP contribution in [-0.4, -0.2) is 36.3 Å². The summed E-state index contributed by atoms with van der Waals surface area (Å²) < 4.78 is 5.44. The van der Waals surface area contributed by atoms with Gasteiger partial charge in [0.25, 0.3) is 0 Å². The van der Waals surface area contributed by atoms with Crippen LogP contribution < -0.4 is 21.7 Å². The molecule has 7 heteroatoms. The van der Waals surface area contributed by atoms with Gasteiger partial charge in [0.05, 0.1) is 18.7 Å². The maximum Gasteiger partial charge on any atom is 0.229 e. The van der Waals surface area contributed by atoms with Crippen LogP contribution in [0, 0.1) is 12.0 Å². The summed E-state index contributed by atoms with van der Waals surface area (Å²) in [5, 5.41) is 4.12. The second-order valence-electron chi connectivity index (χ2n) is 8.10. The lowest BCUT2D eigenvalue weighted by Gasteiger charge is -2.28. The van der Waals surface area contributed by atoms with Gasteiger partial charge in [-0.2, -0.15) is 4.98 Å². The lowest BCUT2D eigenvalue weighted by Crippen LogP contribution is -2.36. The number of nitrogens with two attached hydrogens (primary N) is 2. The van der Waals surface area contributed by atoms with Crippen molar-refractivity contribution in [1.82, 2.24) is 9.97 Å². The molecule has 1 aliphatic heterocycles. The molecule has 3 aromatic carbocycles. The Hall–Kier alpha value is -4.28. The quantitative estimate of drug-likeness (QED) is 0.313. The Morgan fingerprint density at radius 1 is 0.971 bits per heavy atom. The number of morpholine rings is 1. The Morgan fingerprint density at radius 3 is 2.56 bits per heavy atom. The molecule has 1 aliphatic rings. The molecule has 5 N–H and O–H groups in total. The molecular weight excluding hydrogens is 424 g/mol. The molecule has 0 spiro atoms. The minimum Gasteiger partial charge on any atom is -0.383 e. The molecule has 2 heterocycles. The van der Waals surface area contributed by atoms with Gasteiger partial charge in [0, 0.05) is 47.9 Å². The molecule has 0 radical (unpaired) electrons. The van der Waals surface area contributed by atoms with Crippen molar-refractivity contribution in [2.45, 2.75) is 6.42 Å². The van der Waals surface area contributed by atoms with E-state index in [0.29, 0.717) is 18.2 Å². The van der Waals surface area contributed by atoms with Crippen molar-refractivity contribution in [3.05, 3.63) is 72.3 Å². The third-order valence-electron chi connectivity index (χ3n) is 5.89. The number of benzene rings is 3. The molecule has 0 bridgehead atoms. The van der Waals surface area contributed by atoms with Crippen LogP contribution in [0.25, 0.3) is 22.0 Å². The van der Waals surface area contributed by atoms with Crippen LogP contribution in [0.5, 0.6) is 0 Å². The van der Waals surface area contributed by atoms with E-state index in [1.54, 1.807) is 0 Å². The van der Waals surface area contributed by atoms with Crippen LogP contribution in [0.2, 0.25) is 0 Å². The first-order valence-corrected chi connectivity index (χ1v) is 11.2. The lowest BCUT2D eigenvalue weighted by molar-refractivity contribution is 0.122. The molecular formula is C27H26N6O. The maximum absolute atomic E-state index is 6.33. The zero-order chi connectivity index (χ0) is 23.3. The smallest absolute Gasteiger partial charge is 0.229 e. The number of para-hydroxylation sites is 1. The van der Waals surface area contributed by atoms with Gasteiger partial charge >= 0.3 is 0 Å². The minimum absolute atomic E-state index is 0.435. The largest absolute Gasteiger partial charge is 0.383 e. The number of fused-ring (bicyclic) bond motifs is 1. The summed E-state index contributed by atoms with van der Waals surface area (Å²) in [7, 11) is 0. The predicted octanol–water partition coefficient (Wildman–Crippen LogP) is 3.92. The normalized spacial score (nSPS) is 13.4. The van der Waals surface area contributed by atoms with Crippen LogP contribution in [0.15, 0.2) is 66.7 Å². The van der Waals surface area contributed by atoms with Gasteiger partial charge in [-0.25, -0.2) is 4.98 Å². The molecule has 34 heavy (non-hydrogen) atoms. The van der Waals surface area contributed by atoms with Crippen LogP contribution >= 0.6 is 0 Å². The number of hydrogen-bond acceptors (Lipinski definition) is 7. The van der Waals surface area contributed by atoms with E-state index < -0.39 is 0 Å². The van der Waals surface area contributed by atoms with Gasteiger partial charge in [-0.1, -0.05) is 42.3 Å². The molecule has 7 nitrogen and oxygen atoms in total. The lowest BCUT2D eigenvalue weighted by atomic mass is 9.99. The first kappa shape index (κ1) is 21.6. The Morgan fingerprint density at radius 2 is 1.76 bits per heavy atom. The molecule has 0 atom stereocenters. The number of rotatable bonds is 5. The van der Waals surface area contributed by atoms with E-state index in [1.165, 1.54) is 5.69 Å². The zero-order valence-corrected chi connectivity index (χ0v) is 18.8.